The first-order valence-corrected chi connectivity index (χ1v) is 12.0. The lowest BCUT2D eigenvalue weighted by Gasteiger charge is -2.43. The first-order chi connectivity index (χ1) is 13.8. The fraction of sp³-hybridized carbons (Fsp3) is 0.375. The Balaban J connectivity index is 1.98. The van der Waals surface area contributed by atoms with E-state index in [1.165, 1.54) is 10.4 Å². The van der Waals surface area contributed by atoms with Crippen LogP contribution in [0.25, 0.3) is 0 Å². The van der Waals surface area contributed by atoms with Crippen molar-refractivity contribution in [3.8, 4) is 0 Å². The average molecular weight is 411 g/mol. The van der Waals surface area contributed by atoms with Crippen LogP contribution in [0.2, 0.25) is 5.04 Å². The number of hydrogen-bond acceptors (Lipinski definition) is 4. The summed E-state index contributed by atoms with van der Waals surface area (Å²) in [5, 5.41) is 12.1. The molecule has 0 bridgehead atoms. The van der Waals surface area contributed by atoms with Gasteiger partial charge in [-0.25, -0.2) is 4.79 Å². The van der Waals surface area contributed by atoms with Crippen LogP contribution in [-0.2, 0) is 14.0 Å². The number of hydrogen-bond donors (Lipinski definition) is 1. The molecule has 2 aromatic carbocycles. The van der Waals surface area contributed by atoms with E-state index in [9.17, 15) is 9.90 Å². The number of aliphatic hydroxyl groups is 1. The summed E-state index contributed by atoms with van der Waals surface area (Å²) in [6, 6.07) is 20.8. The van der Waals surface area contributed by atoms with Crippen LogP contribution in [0.3, 0.4) is 0 Å². The summed E-state index contributed by atoms with van der Waals surface area (Å²) in [6.45, 7) is 6.93. The maximum absolute atomic E-state index is 12.1. The van der Waals surface area contributed by atoms with Crippen LogP contribution in [0, 0.1) is 0 Å². The summed E-state index contributed by atoms with van der Waals surface area (Å²) >= 11 is 0. The zero-order valence-electron chi connectivity index (χ0n) is 17.4. The van der Waals surface area contributed by atoms with Gasteiger partial charge in [0, 0.05) is 12.8 Å². The van der Waals surface area contributed by atoms with Gasteiger partial charge in [-0.3, -0.25) is 0 Å². The second-order valence-electron chi connectivity index (χ2n) is 8.49. The van der Waals surface area contributed by atoms with Crippen molar-refractivity contribution in [3.63, 3.8) is 0 Å². The van der Waals surface area contributed by atoms with Crippen molar-refractivity contribution in [1.29, 1.82) is 0 Å². The second-order valence-corrected chi connectivity index (χ2v) is 12.8. The molecular formula is C24H30O4Si. The lowest BCUT2D eigenvalue weighted by atomic mass is 10.1. The Bertz CT molecular complexity index is 787. The number of aliphatic hydroxyl groups excluding tert-OH is 1. The first kappa shape index (κ1) is 21.5. The molecule has 2 aromatic rings. The van der Waals surface area contributed by atoms with Gasteiger partial charge in [0.15, 0.2) is 6.10 Å². The van der Waals surface area contributed by atoms with Gasteiger partial charge in [0.1, 0.15) is 6.10 Å². The van der Waals surface area contributed by atoms with E-state index in [2.05, 4.69) is 45.0 Å². The number of ether oxygens (including phenoxy) is 1. The van der Waals surface area contributed by atoms with Gasteiger partial charge in [-0.05, 0) is 15.4 Å². The molecule has 154 valence electrons. The van der Waals surface area contributed by atoms with Crippen molar-refractivity contribution in [2.45, 2.75) is 50.9 Å². The van der Waals surface area contributed by atoms with E-state index >= 15 is 0 Å². The highest BCUT2D eigenvalue weighted by atomic mass is 28.4. The zero-order chi connectivity index (χ0) is 20.9. The van der Waals surface area contributed by atoms with Crippen molar-refractivity contribution in [3.05, 3.63) is 72.8 Å². The lowest BCUT2D eigenvalue weighted by molar-refractivity contribution is -0.160. The van der Waals surface area contributed by atoms with Crippen LogP contribution < -0.4 is 10.4 Å². The van der Waals surface area contributed by atoms with E-state index < -0.39 is 26.5 Å². The summed E-state index contributed by atoms with van der Waals surface area (Å²) in [7, 11) is -2.68. The molecule has 0 radical (unpaired) electrons. The van der Waals surface area contributed by atoms with Gasteiger partial charge in [0.05, 0.1) is 6.61 Å². The minimum absolute atomic E-state index is 0.142. The molecule has 0 fully saturated rings. The standard InChI is InChI=1S/C24H30O4Si/c1-24(2,3)29(20-13-6-4-7-14-20,21-15-8-5-9-16-21)27-18-19-12-10-11-17-22(25)23(26)28-19/h4-11,13-16,19,22,25H,12,17-18H2,1-3H3/b11-10-/t19-,22+/m1/s1. The molecule has 0 saturated heterocycles. The van der Waals surface area contributed by atoms with E-state index in [0.29, 0.717) is 12.8 Å². The first-order valence-electron chi connectivity index (χ1n) is 10.1. The predicted octanol–water partition coefficient (Wildman–Crippen LogP) is 3.19. The topological polar surface area (TPSA) is 55.8 Å². The van der Waals surface area contributed by atoms with Gasteiger partial charge in [-0.15, -0.1) is 0 Å². The number of carbonyl (C=O) groups is 1. The van der Waals surface area contributed by atoms with Crippen LogP contribution in [0.5, 0.6) is 0 Å². The van der Waals surface area contributed by atoms with Gasteiger partial charge < -0.3 is 14.3 Å². The lowest BCUT2D eigenvalue weighted by Crippen LogP contribution is -2.67. The third-order valence-electron chi connectivity index (χ3n) is 5.38. The number of rotatable bonds is 5. The zero-order valence-corrected chi connectivity index (χ0v) is 18.4. The Labute approximate surface area is 174 Å². The van der Waals surface area contributed by atoms with Gasteiger partial charge in [-0.2, -0.15) is 0 Å². The highest BCUT2D eigenvalue weighted by Crippen LogP contribution is 2.37. The molecule has 29 heavy (non-hydrogen) atoms. The van der Waals surface area contributed by atoms with E-state index in [1.54, 1.807) is 0 Å². The highest BCUT2D eigenvalue weighted by Gasteiger charge is 2.50. The molecule has 5 heteroatoms. The largest absolute Gasteiger partial charge is 0.458 e. The van der Waals surface area contributed by atoms with Crippen LogP contribution in [0.15, 0.2) is 72.8 Å². The Morgan fingerprint density at radius 1 is 0.966 bits per heavy atom. The van der Waals surface area contributed by atoms with E-state index in [0.717, 1.165) is 0 Å². The van der Waals surface area contributed by atoms with Crippen LogP contribution in [0.4, 0.5) is 0 Å². The fourth-order valence-corrected chi connectivity index (χ4v) is 8.53. The highest BCUT2D eigenvalue weighted by molar-refractivity contribution is 6.99. The minimum atomic E-state index is -2.68. The molecule has 0 unspecified atom stereocenters. The smallest absolute Gasteiger partial charge is 0.335 e. The summed E-state index contributed by atoms with van der Waals surface area (Å²) in [5.41, 5.74) is 0. The van der Waals surface area contributed by atoms with E-state index in [-0.39, 0.29) is 11.6 Å². The molecule has 1 aliphatic heterocycles. The molecule has 1 N–H and O–H groups in total. The molecule has 1 aliphatic rings. The number of benzene rings is 2. The van der Waals surface area contributed by atoms with Crippen LogP contribution >= 0.6 is 0 Å². The Hall–Kier alpha value is -2.21. The number of esters is 1. The quantitative estimate of drug-likeness (QED) is 0.467. The Morgan fingerprint density at radius 2 is 1.48 bits per heavy atom. The molecule has 1 heterocycles. The average Bonchev–Trinajstić information content (AvgIpc) is 2.70. The Kier molecular flexibility index (Phi) is 6.73. The van der Waals surface area contributed by atoms with E-state index in [4.69, 9.17) is 9.16 Å². The van der Waals surface area contributed by atoms with Gasteiger partial charge in [0.25, 0.3) is 8.32 Å². The minimum Gasteiger partial charge on any atom is -0.458 e. The van der Waals surface area contributed by atoms with Crippen molar-refractivity contribution in [2.24, 2.45) is 0 Å². The summed E-state index contributed by atoms with van der Waals surface area (Å²) in [4.78, 5) is 12.1. The molecule has 0 aromatic heterocycles. The molecule has 3 rings (SSSR count). The summed E-state index contributed by atoms with van der Waals surface area (Å²) in [5.74, 6) is -0.578. The molecule has 0 spiro atoms. The third-order valence-corrected chi connectivity index (χ3v) is 10.4. The van der Waals surface area contributed by atoms with Crippen molar-refractivity contribution in [2.75, 3.05) is 6.61 Å². The second kappa shape index (κ2) is 9.07. The van der Waals surface area contributed by atoms with E-state index in [1.807, 2.05) is 48.6 Å². The normalized spacial score (nSPS) is 21.7. The molecule has 4 nitrogen and oxygen atoms in total. The molecular weight excluding hydrogens is 380 g/mol. The van der Waals surface area contributed by atoms with Crippen LogP contribution in [0.1, 0.15) is 33.6 Å². The fourth-order valence-electron chi connectivity index (χ4n) is 3.94. The predicted molar refractivity (Wildman–Crippen MR) is 118 cm³/mol. The van der Waals surface area contributed by atoms with Gasteiger partial charge in [-0.1, -0.05) is 93.6 Å². The van der Waals surface area contributed by atoms with Gasteiger partial charge in [0.2, 0.25) is 0 Å². The summed E-state index contributed by atoms with van der Waals surface area (Å²) < 4.78 is 12.4. The number of cyclic esters (lactones) is 1. The SMILES string of the molecule is CC(C)(C)[Si](OC[C@H]1C/C=C\C[C@H](O)C(=O)O1)(c1ccccc1)c1ccccc1. The van der Waals surface area contributed by atoms with Crippen molar-refractivity contribution >= 4 is 24.7 Å². The monoisotopic (exact) mass is 410 g/mol. The van der Waals surface area contributed by atoms with Crippen molar-refractivity contribution < 1.29 is 19.1 Å². The van der Waals surface area contributed by atoms with Crippen LogP contribution in [-0.4, -0.2) is 38.2 Å². The van der Waals surface area contributed by atoms with Gasteiger partial charge >= 0.3 is 5.97 Å². The Morgan fingerprint density at radius 3 is 2.00 bits per heavy atom. The molecule has 2 atom stereocenters. The third kappa shape index (κ3) is 4.69. The molecule has 0 aliphatic carbocycles. The van der Waals surface area contributed by atoms with Crippen molar-refractivity contribution in [1.82, 2.24) is 0 Å². The summed E-state index contributed by atoms with van der Waals surface area (Å²) in [6.07, 6.45) is 3.13. The number of carbonyl (C=O) groups excluding carboxylic acids is 1. The maximum atomic E-state index is 12.1. The molecule has 0 amide bonds. The maximum Gasteiger partial charge on any atom is 0.335 e. The molecule has 0 saturated carbocycles.